The largest absolute Gasteiger partial charge is 0.490 e. The van der Waals surface area contributed by atoms with E-state index in [4.69, 9.17) is 4.74 Å². The Morgan fingerprint density at radius 2 is 1.91 bits per heavy atom. The van der Waals surface area contributed by atoms with Crippen LogP contribution < -0.4 is 0 Å². The fourth-order valence-corrected chi connectivity index (χ4v) is 0.526. The van der Waals surface area contributed by atoms with Gasteiger partial charge in [-0.15, -0.1) is 0 Å². The Morgan fingerprint density at radius 1 is 1.36 bits per heavy atom. The number of methoxy groups -OCH3 is 2. The molecule has 0 radical (unpaired) electrons. The molecular formula is C8H12O3. The zero-order valence-electron chi connectivity index (χ0n) is 7.01. The van der Waals surface area contributed by atoms with Crippen molar-refractivity contribution in [3.63, 3.8) is 0 Å². The van der Waals surface area contributed by atoms with E-state index in [0.29, 0.717) is 0 Å². The van der Waals surface area contributed by atoms with Gasteiger partial charge >= 0.3 is 5.97 Å². The van der Waals surface area contributed by atoms with Crippen molar-refractivity contribution in [2.75, 3.05) is 14.2 Å². The van der Waals surface area contributed by atoms with Gasteiger partial charge in [-0.1, -0.05) is 12.2 Å². The molecular weight excluding hydrogens is 144 g/mol. The summed E-state index contributed by atoms with van der Waals surface area (Å²) >= 11 is 0. The molecule has 62 valence electrons. The summed E-state index contributed by atoms with van der Waals surface area (Å²) in [6, 6.07) is 0. The molecule has 0 aromatic carbocycles. The minimum absolute atomic E-state index is 0.167. The Morgan fingerprint density at radius 3 is 2.18 bits per heavy atom. The summed E-state index contributed by atoms with van der Waals surface area (Å²) in [6.45, 7) is 5.36. The molecule has 0 aromatic heterocycles. The molecule has 0 unspecified atom stereocenters. The van der Waals surface area contributed by atoms with E-state index in [1.807, 2.05) is 0 Å². The van der Waals surface area contributed by atoms with Crippen LogP contribution in [0.15, 0.2) is 24.0 Å². The van der Waals surface area contributed by atoms with Gasteiger partial charge in [0.25, 0.3) is 0 Å². The molecule has 11 heavy (non-hydrogen) atoms. The summed E-state index contributed by atoms with van der Waals surface area (Å²) in [5, 5.41) is 0. The summed E-state index contributed by atoms with van der Waals surface area (Å²) in [6.07, 6.45) is 1.52. The van der Waals surface area contributed by atoms with Gasteiger partial charge in [-0.25, -0.2) is 4.79 Å². The molecule has 0 fully saturated rings. The van der Waals surface area contributed by atoms with E-state index in [0.717, 1.165) is 5.57 Å². The molecule has 0 N–H and O–H groups in total. The van der Waals surface area contributed by atoms with Gasteiger partial charge < -0.3 is 9.47 Å². The molecule has 0 spiro atoms. The number of allylic oxidation sites excluding steroid dienone is 2. The Bertz CT molecular complexity index is 192. The first-order valence-corrected chi connectivity index (χ1v) is 3.11. The highest BCUT2D eigenvalue weighted by Gasteiger charge is 2.07. The number of ether oxygens (including phenoxy) is 2. The summed E-state index contributed by atoms with van der Waals surface area (Å²) < 4.78 is 9.17. The van der Waals surface area contributed by atoms with Gasteiger partial charge in [-0.05, 0) is 13.0 Å². The van der Waals surface area contributed by atoms with Gasteiger partial charge in [0.05, 0.1) is 14.2 Å². The van der Waals surface area contributed by atoms with Crippen molar-refractivity contribution < 1.29 is 14.3 Å². The van der Waals surface area contributed by atoms with E-state index in [2.05, 4.69) is 11.3 Å². The van der Waals surface area contributed by atoms with Crippen molar-refractivity contribution in [1.29, 1.82) is 0 Å². The van der Waals surface area contributed by atoms with Crippen molar-refractivity contribution in [1.82, 2.24) is 0 Å². The van der Waals surface area contributed by atoms with Crippen LogP contribution in [0, 0.1) is 0 Å². The average Bonchev–Trinajstić information content (AvgIpc) is 1.98. The minimum atomic E-state index is -0.490. The van der Waals surface area contributed by atoms with Crippen LogP contribution in [0.1, 0.15) is 6.92 Å². The summed E-state index contributed by atoms with van der Waals surface area (Å²) in [5.41, 5.74) is 0.743. The lowest BCUT2D eigenvalue weighted by Crippen LogP contribution is -2.06. The second kappa shape index (κ2) is 4.55. The lowest BCUT2D eigenvalue weighted by molar-refractivity contribution is -0.139. The number of hydrogen-bond donors (Lipinski definition) is 0. The fourth-order valence-electron chi connectivity index (χ4n) is 0.526. The Labute approximate surface area is 66.3 Å². The highest BCUT2D eigenvalue weighted by Crippen LogP contribution is 2.02. The molecule has 0 aliphatic carbocycles. The highest BCUT2D eigenvalue weighted by atomic mass is 16.6. The van der Waals surface area contributed by atoms with Crippen molar-refractivity contribution in [3.05, 3.63) is 24.0 Å². The molecule has 0 saturated carbocycles. The van der Waals surface area contributed by atoms with Crippen LogP contribution in [0.5, 0.6) is 0 Å². The van der Waals surface area contributed by atoms with Gasteiger partial charge in [0.15, 0.2) is 0 Å². The Hall–Kier alpha value is -1.25. The smallest absolute Gasteiger partial charge is 0.373 e. The van der Waals surface area contributed by atoms with Gasteiger partial charge in [0.2, 0.25) is 5.76 Å². The Balaban J connectivity index is 4.39. The molecule has 0 saturated heterocycles. The zero-order valence-corrected chi connectivity index (χ0v) is 7.01. The molecule has 0 aliphatic heterocycles. The first-order valence-electron chi connectivity index (χ1n) is 3.11. The third-order valence-electron chi connectivity index (χ3n) is 0.984. The summed E-state index contributed by atoms with van der Waals surface area (Å²) in [4.78, 5) is 10.8. The maximum absolute atomic E-state index is 10.8. The molecule has 0 atom stereocenters. The maximum atomic E-state index is 10.8. The van der Waals surface area contributed by atoms with Crippen LogP contribution in [0.3, 0.4) is 0 Å². The van der Waals surface area contributed by atoms with Crippen molar-refractivity contribution >= 4 is 5.97 Å². The third kappa shape index (κ3) is 3.45. The molecule has 3 heteroatoms. The lowest BCUT2D eigenvalue weighted by atomic mass is 10.3. The second-order valence-corrected chi connectivity index (χ2v) is 2.05. The van der Waals surface area contributed by atoms with E-state index in [9.17, 15) is 4.79 Å². The number of esters is 1. The van der Waals surface area contributed by atoms with Crippen LogP contribution in [0.25, 0.3) is 0 Å². The van der Waals surface area contributed by atoms with Gasteiger partial charge in [0, 0.05) is 0 Å². The Kier molecular flexibility index (Phi) is 4.03. The normalized spacial score (nSPS) is 10.6. The van der Waals surface area contributed by atoms with Crippen LogP contribution in [-0.4, -0.2) is 20.2 Å². The molecule has 0 aliphatic rings. The summed E-state index contributed by atoms with van der Waals surface area (Å²) in [5.74, 6) is -0.324. The monoisotopic (exact) mass is 156 g/mol. The third-order valence-corrected chi connectivity index (χ3v) is 0.984. The second-order valence-electron chi connectivity index (χ2n) is 2.05. The van der Waals surface area contributed by atoms with Crippen LogP contribution in [0.4, 0.5) is 0 Å². The molecule has 0 rings (SSSR count). The molecule has 3 nitrogen and oxygen atoms in total. The van der Waals surface area contributed by atoms with Crippen LogP contribution in [0.2, 0.25) is 0 Å². The number of carbonyl (C=O) groups excluding carboxylic acids is 1. The SMILES string of the molecule is C=C(C)/C=C(\OC)C(=O)OC. The average molecular weight is 156 g/mol. The molecule has 0 amide bonds. The zero-order chi connectivity index (χ0) is 8.85. The van der Waals surface area contributed by atoms with Crippen LogP contribution >= 0.6 is 0 Å². The van der Waals surface area contributed by atoms with Crippen molar-refractivity contribution in [2.45, 2.75) is 6.92 Å². The van der Waals surface area contributed by atoms with Crippen molar-refractivity contribution in [2.24, 2.45) is 0 Å². The standard InChI is InChI=1S/C8H12O3/c1-6(2)5-7(10-3)8(9)11-4/h5H,1H2,2-4H3/b7-5-. The highest BCUT2D eigenvalue weighted by molar-refractivity contribution is 5.86. The van der Waals surface area contributed by atoms with Gasteiger partial charge in [0.1, 0.15) is 0 Å². The topological polar surface area (TPSA) is 35.5 Å². The first-order chi connectivity index (χ1) is 5.11. The molecule has 0 aromatic rings. The number of hydrogen-bond acceptors (Lipinski definition) is 3. The maximum Gasteiger partial charge on any atom is 0.373 e. The van der Waals surface area contributed by atoms with E-state index < -0.39 is 5.97 Å². The quantitative estimate of drug-likeness (QED) is 0.267. The minimum Gasteiger partial charge on any atom is -0.490 e. The molecule has 0 heterocycles. The van der Waals surface area contributed by atoms with Crippen molar-refractivity contribution in [3.8, 4) is 0 Å². The van der Waals surface area contributed by atoms with Crippen LogP contribution in [-0.2, 0) is 14.3 Å². The lowest BCUT2D eigenvalue weighted by Gasteiger charge is -2.02. The van der Waals surface area contributed by atoms with E-state index >= 15 is 0 Å². The molecule has 0 bridgehead atoms. The van der Waals surface area contributed by atoms with E-state index in [-0.39, 0.29) is 5.76 Å². The van der Waals surface area contributed by atoms with E-state index in [1.165, 1.54) is 20.3 Å². The number of carbonyl (C=O) groups is 1. The predicted molar refractivity (Wildman–Crippen MR) is 41.9 cm³/mol. The predicted octanol–water partition coefficient (Wildman–Crippen LogP) is 1.27. The van der Waals surface area contributed by atoms with Gasteiger partial charge in [-0.2, -0.15) is 0 Å². The number of rotatable bonds is 3. The summed E-state index contributed by atoms with van der Waals surface area (Å²) in [7, 11) is 2.71. The fraction of sp³-hybridized carbons (Fsp3) is 0.375. The first kappa shape index (κ1) is 9.75. The van der Waals surface area contributed by atoms with E-state index in [1.54, 1.807) is 6.92 Å². The van der Waals surface area contributed by atoms with Gasteiger partial charge in [-0.3, -0.25) is 0 Å².